The van der Waals surface area contributed by atoms with Gasteiger partial charge in [-0.1, -0.05) is 97.8 Å². The molecule has 0 fully saturated rings. The zero-order valence-electron chi connectivity index (χ0n) is 21.0. The maximum Gasteiger partial charge on any atom is 0.0867 e. The van der Waals surface area contributed by atoms with Gasteiger partial charge in [0.25, 0.3) is 0 Å². The van der Waals surface area contributed by atoms with E-state index in [1.807, 2.05) is 0 Å². The highest BCUT2D eigenvalue weighted by atomic mass is 31.2. The number of rotatable bonds is 23. The van der Waals surface area contributed by atoms with E-state index in [9.17, 15) is 0 Å². The Hall–Kier alpha value is 0.820. The van der Waals surface area contributed by atoms with Crippen LogP contribution >= 0.6 is 16.8 Å². The molecule has 0 amide bonds. The molecule has 0 radical (unpaired) electrons. The third kappa shape index (κ3) is 16.2. The van der Waals surface area contributed by atoms with Crippen molar-refractivity contribution >= 4 is 16.8 Å². The van der Waals surface area contributed by atoms with Crippen LogP contribution in [0, 0.1) is 0 Å². The van der Waals surface area contributed by atoms with Crippen LogP contribution in [0.4, 0.5) is 0 Å². The maximum absolute atomic E-state index is 3.18. The molecule has 0 saturated carbocycles. The minimum Gasteiger partial charge on any atom is -0.167 e. The van der Waals surface area contributed by atoms with Crippen molar-refractivity contribution in [1.82, 2.24) is 4.44 Å². The van der Waals surface area contributed by atoms with Gasteiger partial charge >= 0.3 is 0 Å². The van der Waals surface area contributed by atoms with Gasteiger partial charge in [0.05, 0.1) is 25.9 Å². The van der Waals surface area contributed by atoms with Gasteiger partial charge in [-0.3, -0.25) is 0 Å². The third-order valence-electron chi connectivity index (χ3n) is 6.65. The molecule has 0 bridgehead atoms. The van der Waals surface area contributed by atoms with Crippen molar-refractivity contribution in [2.24, 2.45) is 0 Å². The van der Waals surface area contributed by atoms with Crippen molar-refractivity contribution in [1.29, 1.82) is 0 Å². The quantitative estimate of drug-likeness (QED) is 0.111. The topological polar surface area (TPSA) is 3.24 Å². The summed E-state index contributed by atoms with van der Waals surface area (Å²) in [4.78, 5) is 0. The summed E-state index contributed by atoms with van der Waals surface area (Å²) in [6.07, 6.45) is 30.6. The molecule has 0 rings (SSSR count). The van der Waals surface area contributed by atoms with Gasteiger partial charge in [0.15, 0.2) is 0 Å². The average molecular weight is 447 g/mol. The molecule has 0 aliphatic rings. The molecular weight excluding hydrogens is 388 g/mol. The van der Waals surface area contributed by atoms with E-state index >= 15 is 0 Å². The smallest absolute Gasteiger partial charge is 0.0867 e. The van der Waals surface area contributed by atoms with Gasteiger partial charge in [-0.05, 0) is 54.8 Å². The lowest BCUT2D eigenvalue weighted by molar-refractivity contribution is 0.605. The van der Waals surface area contributed by atoms with Crippen LogP contribution in [0.15, 0.2) is 0 Å². The molecule has 0 aromatic carbocycles. The fourth-order valence-corrected chi connectivity index (χ4v) is 10.1. The van der Waals surface area contributed by atoms with Gasteiger partial charge in [0, 0.05) is 6.54 Å². The van der Waals surface area contributed by atoms with Crippen molar-refractivity contribution in [2.75, 3.05) is 25.0 Å². The Morgan fingerprint density at radius 1 is 0.448 bits per heavy atom. The van der Waals surface area contributed by atoms with E-state index in [2.05, 4.69) is 41.5 Å². The Kier molecular flexibility index (Phi) is 22.7. The lowest BCUT2D eigenvalue weighted by Gasteiger charge is -2.34. The second-order valence-corrected chi connectivity index (χ2v) is 14.4. The second-order valence-electron chi connectivity index (χ2n) is 9.32. The minimum atomic E-state index is -0.958. The van der Waals surface area contributed by atoms with Crippen molar-refractivity contribution in [3.8, 4) is 0 Å². The van der Waals surface area contributed by atoms with E-state index in [-0.39, 0.29) is 0 Å². The van der Waals surface area contributed by atoms with Crippen molar-refractivity contribution in [3.05, 3.63) is 0 Å². The average Bonchev–Trinajstić information content (AvgIpc) is 2.74. The fraction of sp³-hybridized carbons (Fsp3) is 1.00. The molecule has 0 N–H and O–H groups in total. The van der Waals surface area contributed by atoms with Crippen LogP contribution in [-0.4, -0.2) is 29.5 Å². The van der Waals surface area contributed by atoms with E-state index in [0.717, 1.165) is 0 Å². The summed E-state index contributed by atoms with van der Waals surface area (Å²) in [5, 5.41) is 0. The monoisotopic (exact) mass is 446 g/mol. The van der Waals surface area contributed by atoms with Gasteiger partial charge in [0.1, 0.15) is 0 Å². The Bertz CT molecular complexity index is 281. The third-order valence-corrected chi connectivity index (χ3v) is 13.3. The molecule has 0 aliphatic carbocycles. The molecule has 0 saturated heterocycles. The molecule has 1 nitrogen and oxygen atoms in total. The van der Waals surface area contributed by atoms with Gasteiger partial charge in [-0.15, -0.1) is 0 Å². The Morgan fingerprint density at radius 2 is 0.724 bits per heavy atom. The lowest BCUT2D eigenvalue weighted by Crippen LogP contribution is -2.22. The van der Waals surface area contributed by atoms with E-state index in [4.69, 9.17) is 0 Å². The zero-order valence-corrected chi connectivity index (χ0v) is 23.1. The Balaban J connectivity index is 4.62. The van der Waals surface area contributed by atoms with Gasteiger partial charge in [0.2, 0.25) is 0 Å². The normalized spacial score (nSPS) is 12.2. The lowest BCUT2D eigenvalue weighted by atomic mass is 10.1. The predicted octanol–water partition coefficient (Wildman–Crippen LogP) is 10.1. The highest BCUT2D eigenvalue weighted by molar-refractivity contribution is 7.77. The molecule has 0 aromatic heterocycles. The van der Waals surface area contributed by atoms with Crippen LogP contribution < -0.4 is 0 Å². The van der Waals surface area contributed by atoms with E-state index in [1.54, 1.807) is 0 Å². The second kappa shape index (κ2) is 22.0. The molecule has 0 aromatic rings. The van der Waals surface area contributed by atoms with Crippen LogP contribution in [0.2, 0.25) is 0 Å². The number of hydrogen-bond donors (Lipinski definition) is 0. The van der Waals surface area contributed by atoms with Crippen molar-refractivity contribution < 1.29 is 0 Å². The zero-order chi connectivity index (χ0) is 21.6. The first-order valence-electron chi connectivity index (χ1n) is 13.6. The molecule has 0 aliphatic heterocycles. The van der Waals surface area contributed by atoms with Crippen LogP contribution in [0.25, 0.3) is 0 Å². The maximum atomic E-state index is 3.18. The molecule has 3 heteroatoms. The molecule has 176 valence electrons. The summed E-state index contributed by atoms with van der Waals surface area (Å²) in [5.74, 6) is 0. The fourth-order valence-electron chi connectivity index (χ4n) is 4.58. The summed E-state index contributed by atoms with van der Waals surface area (Å²) in [7, 11) is 2.22. The van der Waals surface area contributed by atoms with Gasteiger partial charge in [-0.2, -0.15) is 4.44 Å². The Labute approximate surface area is 189 Å². The number of hydrogen-bond acceptors (Lipinski definition) is 1. The van der Waals surface area contributed by atoms with E-state index in [0.29, 0.717) is 0 Å². The van der Waals surface area contributed by atoms with Crippen LogP contribution in [0.1, 0.15) is 143 Å². The molecule has 0 spiro atoms. The predicted molar refractivity (Wildman–Crippen MR) is 144 cm³/mol. The van der Waals surface area contributed by atoms with E-state index < -0.39 is 7.41 Å². The summed E-state index contributed by atoms with van der Waals surface area (Å²) in [5.41, 5.74) is 0. The highest BCUT2D eigenvalue weighted by Gasteiger charge is 2.40. The summed E-state index contributed by atoms with van der Waals surface area (Å²) >= 11 is 0. The molecule has 1 unspecified atom stereocenters. The summed E-state index contributed by atoms with van der Waals surface area (Å²) in [6, 6.07) is 0. The molecular formula is C26H58NP2+. The number of unbranched alkanes of at least 4 members (excludes halogenated alkanes) is 15. The van der Waals surface area contributed by atoms with Crippen LogP contribution in [0.5, 0.6) is 0 Å². The summed E-state index contributed by atoms with van der Waals surface area (Å²) in [6.45, 7) is 10.6. The van der Waals surface area contributed by atoms with Crippen LogP contribution in [-0.2, 0) is 0 Å². The molecule has 1 atom stereocenters. The van der Waals surface area contributed by atoms with Crippen LogP contribution in [0.3, 0.4) is 0 Å². The molecule has 29 heavy (non-hydrogen) atoms. The van der Waals surface area contributed by atoms with E-state index in [1.165, 1.54) is 141 Å². The van der Waals surface area contributed by atoms with Crippen molar-refractivity contribution in [3.63, 3.8) is 0 Å². The van der Waals surface area contributed by atoms with Gasteiger partial charge in [-0.25, -0.2) is 0 Å². The highest BCUT2D eigenvalue weighted by Crippen LogP contribution is 2.65. The first-order chi connectivity index (χ1) is 14.2. The minimum absolute atomic E-state index is 0.958. The Morgan fingerprint density at radius 3 is 1.00 bits per heavy atom. The standard InChI is InChI=1S/C26H58NP2/c1-5-9-12-15-18-21-24-29(27(28)8-4,25-22-19-16-13-10-6-2)26-23-20-17-14-11-7-3/h5-26,28H2,1-4H3/q+1. The largest absolute Gasteiger partial charge is 0.167 e. The first-order valence-corrected chi connectivity index (χ1v) is 16.4. The molecule has 0 heterocycles. The SMILES string of the molecule is CCCCCCCC[P+](CCCCCCCC)(CCCCCCCC)N(P)CC. The van der Waals surface area contributed by atoms with Gasteiger partial charge < -0.3 is 0 Å². The van der Waals surface area contributed by atoms with Crippen molar-refractivity contribution in [2.45, 2.75) is 143 Å². The summed E-state index contributed by atoms with van der Waals surface area (Å²) < 4.78 is 2.77. The number of nitrogens with zero attached hydrogens (tertiary/aromatic N) is 1. The first kappa shape index (κ1) is 29.8.